The quantitative estimate of drug-likeness (QED) is 0.878. The molecule has 0 saturated heterocycles. The predicted octanol–water partition coefficient (Wildman–Crippen LogP) is 2.37. The Morgan fingerprint density at radius 1 is 1.29 bits per heavy atom. The smallest absolute Gasteiger partial charge is 0.236 e. The van der Waals surface area contributed by atoms with Gasteiger partial charge in [0.05, 0.1) is 5.69 Å². The summed E-state index contributed by atoms with van der Waals surface area (Å²) in [5.74, 6) is 0.661. The second-order valence-corrected chi connectivity index (χ2v) is 3.89. The lowest BCUT2D eigenvalue weighted by Crippen LogP contribution is -2.04. The van der Waals surface area contributed by atoms with Crippen LogP contribution in [0.2, 0.25) is 0 Å². The fourth-order valence-corrected chi connectivity index (χ4v) is 1.67. The molecule has 4 heteroatoms. The van der Waals surface area contributed by atoms with Gasteiger partial charge < -0.3 is 10.5 Å². The van der Waals surface area contributed by atoms with E-state index in [0.717, 1.165) is 17.8 Å². The maximum absolute atomic E-state index is 5.93. The fourth-order valence-electron chi connectivity index (χ4n) is 1.67. The molecule has 0 aliphatic carbocycles. The fraction of sp³-hybridized carbons (Fsp3) is 0.308. The molecule has 0 aliphatic heterocycles. The van der Waals surface area contributed by atoms with Crippen molar-refractivity contribution in [2.24, 2.45) is 0 Å². The van der Waals surface area contributed by atoms with Crippen molar-refractivity contribution in [1.82, 2.24) is 9.78 Å². The SMILES string of the molecule is CCn1nc(C)c(N)c1OCc1ccccc1. The molecule has 0 bridgehead atoms. The van der Waals surface area contributed by atoms with Crippen LogP contribution in [0.4, 0.5) is 5.69 Å². The third-order valence-corrected chi connectivity index (χ3v) is 2.64. The zero-order valence-corrected chi connectivity index (χ0v) is 10.2. The monoisotopic (exact) mass is 231 g/mol. The third kappa shape index (κ3) is 2.41. The molecule has 2 rings (SSSR count). The summed E-state index contributed by atoms with van der Waals surface area (Å²) in [6.07, 6.45) is 0. The summed E-state index contributed by atoms with van der Waals surface area (Å²) in [5.41, 5.74) is 8.50. The molecular weight excluding hydrogens is 214 g/mol. The molecule has 1 heterocycles. The molecule has 1 aromatic carbocycles. The van der Waals surface area contributed by atoms with Crippen LogP contribution in [-0.2, 0) is 13.2 Å². The van der Waals surface area contributed by atoms with Crippen molar-refractivity contribution in [1.29, 1.82) is 0 Å². The summed E-state index contributed by atoms with van der Waals surface area (Å²) in [6, 6.07) is 10.0. The molecule has 0 saturated carbocycles. The van der Waals surface area contributed by atoms with Gasteiger partial charge in [0.1, 0.15) is 12.3 Å². The van der Waals surface area contributed by atoms with E-state index in [1.807, 2.05) is 44.2 Å². The van der Waals surface area contributed by atoms with E-state index in [0.29, 0.717) is 18.2 Å². The van der Waals surface area contributed by atoms with Gasteiger partial charge in [0.15, 0.2) is 0 Å². The molecule has 4 nitrogen and oxygen atoms in total. The molecule has 0 radical (unpaired) electrons. The van der Waals surface area contributed by atoms with Crippen molar-refractivity contribution in [3.8, 4) is 5.88 Å². The molecule has 0 amide bonds. The number of nitrogens with zero attached hydrogens (tertiary/aromatic N) is 2. The number of ether oxygens (including phenoxy) is 1. The van der Waals surface area contributed by atoms with Gasteiger partial charge in [-0.15, -0.1) is 0 Å². The van der Waals surface area contributed by atoms with Crippen LogP contribution in [0, 0.1) is 6.92 Å². The van der Waals surface area contributed by atoms with Crippen molar-refractivity contribution in [2.45, 2.75) is 27.0 Å². The number of aromatic nitrogens is 2. The zero-order valence-electron chi connectivity index (χ0n) is 10.2. The first-order valence-corrected chi connectivity index (χ1v) is 5.72. The van der Waals surface area contributed by atoms with Crippen molar-refractivity contribution < 1.29 is 4.74 Å². The maximum Gasteiger partial charge on any atom is 0.236 e. The third-order valence-electron chi connectivity index (χ3n) is 2.64. The van der Waals surface area contributed by atoms with Crippen molar-refractivity contribution in [2.75, 3.05) is 5.73 Å². The lowest BCUT2D eigenvalue weighted by Gasteiger charge is -2.08. The van der Waals surface area contributed by atoms with Gasteiger partial charge in [0.25, 0.3) is 0 Å². The highest BCUT2D eigenvalue weighted by Crippen LogP contribution is 2.25. The van der Waals surface area contributed by atoms with Crippen LogP contribution >= 0.6 is 0 Å². The van der Waals surface area contributed by atoms with E-state index in [-0.39, 0.29) is 0 Å². The summed E-state index contributed by atoms with van der Waals surface area (Å²) in [6.45, 7) is 5.16. The van der Waals surface area contributed by atoms with Crippen molar-refractivity contribution in [3.05, 3.63) is 41.6 Å². The van der Waals surface area contributed by atoms with Crippen LogP contribution in [0.25, 0.3) is 0 Å². The van der Waals surface area contributed by atoms with E-state index in [2.05, 4.69) is 5.10 Å². The van der Waals surface area contributed by atoms with Crippen LogP contribution in [0.1, 0.15) is 18.2 Å². The van der Waals surface area contributed by atoms with Gasteiger partial charge >= 0.3 is 0 Å². The molecule has 0 unspecified atom stereocenters. The topological polar surface area (TPSA) is 53.1 Å². The van der Waals surface area contributed by atoms with Gasteiger partial charge in [0.2, 0.25) is 5.88 Å². The van der Waals surface area contributed by atoms with Crippen LogP contribution in [0.5, 0.6) is 5.88 Å². The van der Waals surface area contributed by atoms with E-state index in [1.54, 1.807) is 4.68 Å². The van der Waals surface area contributed by atoms with Gasteiger partial charge in [-0.25, -0.2) is 4.68 Å². The Labute approximate surface area is 101 Å². The molecule has 17 heavy (non-hydrogen) atoms. The van der Waals surface area contributed by atoms with Crippen LogP contribution in [0.3, 0.4) is 0 Å². The standard InChI is InChI=1S/C13H17N3O/c1-3-16-13(12(14)10(2)15-16)17-9-11-7-5-4-6-8-11/h4-8H,3,9,14H2,1-2H3. The molecule has 1 aromatic heterocycles. The van der Waals surface area contributed by atoms with E-state index < -0.39 is 0 Å². The molecule has 0 atom stereocenters. The van der Waals surface area contributed by atoms with Gasteiger partial charge in [-0.1, -0.05) is 30.3 Å². The number of nitrogens with two attached hydrogens (primary N) is 1. The average Bonchev–Trinajstić information content (AvgIpc) is 2.64. The summed E-state index contributed by atoms with van der Waals surface area (Å²) in [5, 5.41) is 4.31. The number of aryl methyl sites for hydroxylation is 2. The minimum absolute atomic E-state index is 0.510. The lowest BCUT2D eigenvalue weighted by molar-refractivity contribution is 0.275. The first kappa shape index (κ1) is 11.5. The second-order valence-electron chi connectivity index (χ2n) is 3.89. The Bertz CT molecular complexity index is 491. The molecular formula is C13H17N3O. The molecule has 2 N–H and O–H groups in total. The van der Waals surface area contributed by atoms with Crippen LogP contribution in [-0.4, -0.2) is 9.78 Å². The van der Waals surface area contributed by atoms with Crippen LogP contribution < -0.4 is 10.5 Å². The van der Waals surface area contributed by atoms with Crippen molar-refractivity contribution >= 4 is 5.69 Å². The maximum atomic E-state index is 5.93. The van der Waals surface area contributed by atoms with E-state index >= 15 is 0 Å². The van der Waals surface area contributed by atoms with Crippen LogP contribution in [0.15, 0.2) is 30.3 Å². The highest BCUT2D eigenvalue weighted by atomic mass is 16.5. The Morgan fingerprint density at radius 3 is 2.65 bits per heavy atom. The van der Waals surface area contributed by atoms with Gasteiger partial charge in [-0.2, -0.15) is 5.10 Å². The number of anilines is 1. The molecule has 0 spiro atoms. The molecule has 0 aliphatic rings. The first-order valence-electron chi connectivity index (χ1n) is 5.72. The van der Waals surface area contributed by atoms with E-state index in [9.17, 15) is 0 Å². The number of hydrogen-bond donors (Lipinski definition) is 1. The summed E-state index contributed by atoms with van der Waals surface area (Å²) >= 11 is 0. The molecule has 2 aromatic rings. The first-order chi connectivity index (χ1) is 8.22. The Hall–Kier alpha value is -1.97. The minimum Gasteiger partial charge on any atom is -0.471 e. The predicted molar refractivity (Wildman–Crippen MR) is 67.8 cm³/mol. The Kier molecular flexibility index (Phi) is 3.32. The number of hydrogen-bond acceptors (Lipinski definition) is 3. The average molecular weight is 231 g/mol. The Balaban J connectivity index is 2.14. The normalized spacial score (nSPS) is 10.5. The van der Waals surface area contributed by atoms with E-state index in [1.165, 1.54) is 0 Å². The number of rotatable bonds is 4. The number of benzene rings is 1. The second kappa shape index (κ2) is 4.91. The minimum atomic E-state index is 0.510. The van der Waals surface area contributed by atoms with Gasteiger partial charge in [-0.3, -0.25) is 0 Å². The summed E-state index contributed by atoms with van der Waals surface area (Å²) in [4.78, 5) is 0. The van der Waals surface area contributed by atoms with Crippen molar-refractivity contribution in [3.63, 3.8) is 0 Å². The number of nitrogen functional groups attached to an aromatic ring is 1. The van der Waals surface area contributed by atoms with E-state index in [4.69, 9.17) is 10.5 Å². The summed E-state index contributed by atoms with van der Waals surface area (Å²) < 4.78 is 7.53. The Morgan fingerprint density at radius 2 is 2.00 bits per heavy atom. The van der Waals surface area contributed by atoms with Gasteiger partial charge in [0, 0.05) is 6.54 Å². The molecule has 0 fully saturated rings. The zero-order chi connectivity index (χ0) is 12.3. The lowest BCUT2D eigenvalue weighted by atomic mass is 10.2. The summed E-state index contributed by atoms with van der Waals surface area (Å²) in [7, 11) is 0. The highest BCUT2D eigenvalue weighted by Gasteiger charge is 2.12. The van der Waals surface area contributed by atoms with Gasteiger partial charge in [-0.05, 0) is 19.4 Å². The highest BCUT2D eigenvalue weighted by molar-refractivity contribution is 5.52. The largest absolute Gasteiger partial charge is 0.471 e. The molecule has 90 valence electrons.